The second-order valence-corrected chi connectivity index (χ2v) is 5.41. The maximum atomic E-state index is 13.2. The van der Waals surface area contributed by atoms with Gasteiger partial charge in [0.25, 0.3) is 5.91 Å². The van der Waals surface area contributed by atoms with Gasteiger partial charge in [0, 0.05) is 6.54 Å². The Kier molecular flexibility index (Phi) is 4.12. The lowest BCUT2D eigenvalue weighted by Crippen LogP contribution is -2.42. The van der Waals surface area contributed by atoms with E-state index in [-0.39, 0.29) is 12.0 Å². The summed E-state index contributed by atoms with van der Waals surface area (Å²) < 4.78 is 18.4. The van der Waals surface area contributed by atoms with Crippen molar-refractivity contribution in [3.63, 3.8) is 0 Å². The van der Waals surface area contributed by atoms with E-state index < -0.39 is 11.7 Å². The number of hydrogen-bond acceptors (Lipinski definition) is 2. The summed E-state index contributed by atoms with van der Waals surface area (Å²) >= 11 is 0. The average Bonchev–Trinajstić information content (AvgIpc) is 2.44. The smallest absolute Gasteiger partial charge is 0.282 e. The molecule has 0 saturated carbocycles. The van der Waals surface area contributed by atoms with E-state index >= 15 is 0 Å². The molecule has 2 rings (SSSR count). The monoisotopic (exact) mass is 277 g/mol. The molecule has 0 fully saturated rings. The van der Waals surface area contributed by atoms with Crippen molar-refractivity contribution in [3.8, 4) is 5.75 Å². The molecule has 0 bridgehead atoms. The lowest BCUT2D eigenvalue weighted by atomic mass is 9.86. The Morgan fingerprint density at radius 3 is 2.75 bits per heavy atom. The summed E-state index contributed by atoms with van der Waals surface area (Å²) in [5.74, 6) is -0.496. The molecule has 1 atom stereocenters. The fourth-order valence-electron chi connectivity index (χ4n) is 2.86. The molecule has 1 amide bonds. The molecule has 1 aliphatic rings. The molecule has 1 heterocycles. The third-order valence-corrected chi connectivity index (χ3v) is 3.75. The first-order valence-corrected chi connectivity index (χ1v) is 6.78. The highest BCUT2D eigenvalue weighted by Crippen LogP contribution is 2.37. The molecular weight excluding hydrogens is 257 g/mol. The Balaban J connectivity index is 2.43. The van der Waals surface area contributed by atoms with Gasteiger partial charge in [-0.1, -0.05) is 26.5 Å². The van der Waals surface area contributed by atoms with E-state index in [1.54, 1.807) is 12.0 Å². The van der Waals surface area contributed by atoms with Crippen LogP contribution in [0.25, 0.3) is 0 Å². The largest absolute Gasteiger partial charge is 0.497 e. The molecule has 1 unspecified atom stereocenters. The Labute approximate surface area is 119 Å². The van der Waals surface area contributed by atoms with E-state index in [1.165, 1.54) is 0 Å². The highest BCUT2D eigenvalue weighted by atomic mass is 19.1. The summed E-state index contributed by atoms with van der Waals surface area (Å²) in [6.07, 6.45) is 0.703. The highest BCUT2D eigenvalue weighted by molar-refractivity contribution is 5.91. The van der Waals surface area contributed by atoms with Crippen molar-refractivity contribution in [2.24, 2.45) is 5.92 Å². The second-order valence-electron chi connectivity index (χ2n) is 5.41. The van der Waals surface area contributed by atoms with Crippen LogP contribution in [-0.4, -0.2) is 24.5 Å². The van der Waals surface area contributed by atoms with Gasteiger partial charge in [-0.05, 0) is 35.6 Å². The van der Waals surface area contributed by atoms with Crippen molar-refractivity contribution in [2.45, 2.75) is 26.3 Å². The predicted molar refractivity (Wildman–Crippen MR) is 76.2 cm³/mol. The van der Waals surface area contributed by atoms with Crippen LogP contribution in [-0.2, 0) is 11.2 Å². The maximum Gasteiger partial charge on any atom is 0.282 e. The minimum atomic E-state index is -0.896. The minimum absolute atomic E-state index is 0.121. The molecular formula is C16H20FNO2. The predicted octanol–water partition coefficient (Wildman–Crippen LogP) is 3.26. The Morgan fingerprint density at radius 1 is 1.50 bits per heavy atom. The van der Waals surface area contributed by atoms with E-state index in [0.29, 0.717) is 13.0 Å². The Hall–Kier alpha value is -1.84. The Bertz CT molecular complexity index is 539. The molecule has 0 aliphatic carbocycles. The maximum absolute atomic E-state index is 13.2. The van der Waals surface area contributed by atoms with Crippen molar-refractivity contribution in [1.29, 1.82) is 0 Å². The minimum Gasteiger partial charge on any atom is -0.497 e. The average molecular weight is 277 g/mol. The summed E-state index contributed by atoms with van der Waals surface area (Å²) in [7, 11) is 1.63. The van der Waals surface area contributed by atoms with Crippen LogP contribution in [0.15, 0.2) is 30.6 Å². The molecule has 0 radical (unpaired) electrons. The molecule has 108 valence electrons. The first-order valence-electron chi connectivity index (χ1n) is 6.78. The summed E-state index contributed by atoms with van der Waals surface area (Å²) in [5.41, 5.74) is 2.23. The number of ether oxygens (including phenoxy) is 1. The fraction of sp³-hybridized carbons (Fsp3) is 0.438. The van der Waals surface area contributed by atoms with Crippen molar-refractivity contribution >= 4 is 5.91 Å². The number of fused-ring (bicyclic) bond motifs is 1. The fourth-order valence-corrected chi connectivity index (χ4v) is 2.86. The summed E-state index contributed by atoms with van der Waals surface area (Å²) in [4.78, 5) is 13.6. The van der Waals surface area contributed by atoms with Crippen LogP contribution in [0.5, 0.6) is 5.75 Å². The van der Waals surface area contributed by atoms with Crippen LogP contribution >= 0.6 is 0 Å². The molecule has 0 N–H and O–H groups in total. The third-order valence-electron chi connectivity index (χ3n) is 3.75. The van der Waals surface area contributed by atoms with Gasteiger partial charge in [-0.15, -0.1) is 0 Å². The van der Waals surface area contributed by atoms with Gasteiger partial charge in [0.2, 0.25) is 0 Å². The zero-order chi connectivity index (χ0) is 14.9. The van der Waals surface area contributed by atoms with Crippen LogP contribution in [0.1, 0.15) is 31.0 Å². The third kappa shape index (κ3) is 2.55. The lowest BCUT2D eigenvalue weighted by molar-refractivity contribution is -0.132. The highest BCUT2D eigenvalue weighted by Gasteiger charge is 2.33. The number of amides is 1. The van der Waals surface area contributed by atoms with E-state index in [4.69, 9.17) is 4.74 Å². The van der Waals surface area contributed by atoms with Gasteiger partial charge in [0.15, 0.2) is 5.83 Å². The zero-order valence-electron chi connectivity index (χ0n) is 12.1. The number of carbonyl (C=O) groups excluding carboxylic acids is 1. The molecule has 0 spiro atoms. The van der Waals surface area contributed by atoms with Crippen molar-refractivity contribution in [3.05, 3.63) is 41.7 Å². The number of methoxy groups -OCH3 is 1. The summed E-state index contributed by atoms with van der Waals surface area (Å²) in [5, 5.41) is 0. The van der Waals surface area contributed by atoms with Crippen molar-refractivity contribution in [2.75, 3.05) is 13.7 Å². The normalized spacial score (nSPS) is 17.9. The van der Waals surface area contributed by atoms with Crippen LogP contribution < -0.4 is 4.74 Å². The molecule has 3 nitrogen and oxygen atoms in total. The van der Waals surface area contributed by atoms with Crippen LogP contribution in [0.4, 0.5) is 4.39 Å². The van der Waals surface area contributed by atoms with E-state index in [1.807, 2.05) is 32.0 Å². The van der Waals surface area contributed by atoms with Crippen LogP contribution in [0, 0.1) is 5.92 Å². The lowest BCUT2D eigenvalue weighted by Gasteiger charge is -2.39. The van der Waals surface area contributed by atoms with E-state index in [2.05, 4.69) is 6.58 Å². The van der Waals surface area contributed by atoms with Gasteiger partial charge in [-0.3, -0.25) is 4.79 Å². The first-order chi connectivity index (χ1) is 9.45. The van der Waals surface area contributed by atoms with E-state index in [0.717, 1.165) is 16.9 Å². The topological polar surface area (TPSA) is 29.5 Å². The molecule has 20 heavy (non-hydrogen) atoms. The number of hydrogen-bond donors (Lipinski definition) is 0. The number of carbonyl (C=O) groups is 1. The van der Waals surface area contributed by atoms with Crippen LogP contribution in [0.3, 0.4) is 0 Å². The van der Waals surface area contributed by atoms with E-state index in [9.17, 15) is 9.18 Å². The quantitative estimate of drug-likeness (QED) is 0.794. The summed E-state index contributed by atoms with van der Waals surface area (Å²) in [6.45, 7) is 7.70. The molecule has 1 aromatic carbocycles. The van der Waals surface area contributed by atoms with Gasteiger partial charge in [-0.2, -0.15) is 0 Å². The van der Waals surface area contributed by atoms with Crippen molar-refractivity contribution < 1.29 is 13.9 Å². The molecule has 0 aromatic heterocycles. The van der Waals surface area contributed by atoms with Gasteiger partial charge in [0.1, 0.15) is 5.75 Å². The molecule has 1 aromatic rings. The molecule has 0 saturated heterocycles. The van der Waals surface area contributed by atoms with Gasteiger partial charge < -0.3 is 9.64 Å². The van der Waals surface area contributed by atoms with Gasteiger partial charge >= 0.3 is 0 Å². The Morgan fingerprint density at radius 2 is 2.20 bits per heavy atom. The summed E-state index contributed by atoms with van der Waals surface area (Å²) in [6, 6.07) is 5.73. The van der Waals surface area contributed by atoms with Crippen LogP contribution in [0.2, 0.25) is 0 Å². The van der Waals surface area contributed by atoms with Gasteiger partial charge in [-0.25, -0.2) is 4.39 Å². The van der Waals surface area contributed by atoms with Crippen molar-refractivity contribution in [1.82, 2.24) is 4.90 Å². The number of halogens is 1. The SMILES string of the molecule is C=C(F)C(=O)N1CCc2cc(OC)ccc2C1C(C)C. The molecule has 4 heteroatoms. The zero-order valence-corrected chi connectivity index (χ0v) is 12.1. The second kappa shape index (κ2) is 5.65. The van der Waals surface area contributed by atoms with Gasteiger partial charge in [0.05, 0.1) is 13.2 Å². The number of nitrogens with zero attached hydrogens (tertiary/aromatic N) is 1. The number of benzene rings is 1. The standard InChI is InChI=1S/C16H20FNO2/c1-10(2)15-14-6-5-13(20-4)9-12(14)7-8-18(15)16(19)11(3)17/h5-6,9-10,15H,3,7-8H2,1-2,4H3. The first kappa shape index (κ1) is 14.6. The number of rotatable bonds is 3. The molecule has 1 aliphatic heterocycles.